The Kier molecular flexibility index (Phi) is 5.03. The Morgan fingerprint density at radius 1 is 1.25 bits per heavy atom. The summed E-state index contributed by atoms with van der Waals surface area (Å²) in [7, 11) is 0. The molecule has 0 aliphatic carbocycles. The first-order valence-corrected chi connectivity index (χ1v) is 9.88. The number of guanidine groups is 1. The highest BCUT2D eigenvalue weighted by molar-refractivity contribution is 7.22. The zero-order valence-corrected chi connectivity index (χ0v) is 16.1. The molecule has 0 radical (unpaired) electrons. The molecule has 3 aromatic rings. The number of fused-ring (bicyclic) bond motifs is 1. The number of benzene rings is 2. The molecular formula is C20H20N5O2S+. The summed E-state index contributed by atoms with van der Waals surface area (Å²) in [6, 6.07) is 14.8. The van der Waals surface area contributed by atoms with Crippen molar-refractivity contribution in [2.24, 2.45) is 0 Å². The standard InChI is InChI=1S/C20H19N5O2S/c1-2-12-7-3-4-8-13(12)21-18(27)15-11-17(26)24-19(22-15)25-20-23-14-9-5-6-10-16(14)28-20/h3-10,15H,2,11H2,1H3,(H,21,27)(H2,22,23,24,25,26)/p+1/t15-/m1/s1. The van der Waals surface area contributed by atoms with Gasteiger partial charge in [0.05, 0.1) is 16.6 Å². The molecule has 2 amide bonds. The number of aromatic nitrogens is 1. The number of nitrogens with zero attached hydrogens (tertiary/aromatic N) is 1. The van der Waals surface area contributed by atoms with Crippen molar-refractivity contribution >= 4 is 50.1 Å². The third-order valence-corrected chi connectivity index (χ3v) is 5.42. The van der Waals surface area contributed by atoms with Gasteiger partial charge in [0.15, 0.2) is 6.04 Å². The van der Waals surface area contributed by atoms with Crippen LogP contribution in [0.25, 0.3) is 10.2 Å². The summed E-state index contributed by atoms with van der Waals surface area (Å²) in [4.78, 5) is 32.4. The number of amides is 2. The number of thiazole rings is 1. The van der Waals surface area contributed by atoms with Crippen LogP contribution >= 0.6 is 11.3 Å². The monoisotopic (exact) mass is 394 g/mol. The first kappa shape index (κ1) is 18.1. The van der Waals surface area contributed by atoms with Crippen molar-refractivity contribution in [1.29, 1.82) is 0 Å². The van der Waals surface area contributed by atoms with E-state index >= 15 is 0 Å². The Balaban J connectivity index is 1.52. The highest BCUT2D eigenvalue weighted by atomic mass is 32.1. The predicted molar refractivity (Wildman–Crippen MR) is 110 cm³/mol. The van der Waals surface area contributed by atoms with Gasteiger partial charge in [-0.2, -0.15) is 0 Å². The van der Waals surface area contributed by atoms with E-state index in [1.54, 1.807) is 0 Å². The van der Waals surface area contributed by atoms with Crippen LogP contribution in [0.15, 0.2) is 48.5 Å². The fourth-order valence-corrected chi connectivity index (χ4v) is 3.94. The number of nitrogens with one attached hydrogen (secondary N) is 4. The molecule has 1 aliphatic heterocycles. The van der Waals surface area contributed by atoms with Crippen molar-refractivity contribution in [1.82, 2.24) is 10.3 Å². The number of para-hydroxylation sites is 2. The van der Waals surface area contributed by atoms with Crippen molar-refractivity contribution in [3.63, 3.8) is 0 Å². The molecular weight excluding hydrogens is 374 g/mol. The molecule has 28 heavy (non-hydrogen) atoms. The zero-order valence-electron chi connectivity index (χ0n) is 15.3. The van der Waals surface area contributed by atoms with Crippen LogP contribution < -0.4 is 20.9 Å². The lowest BCUT2D eigenvalue weighted by atomic mass is 10.1. The second-order valence-electron chi connectivity index (χ2n) is 6.44. The Bertz CT molecular complexity index is 1040. The first-order chi connectivity index (χ1) is 13.6. The Morgan fingerprint density at radius 3 is 2.86 bits per heavy atom. The molecule has 1 atom stereocenters. The number of rotatable bonds is 4. The van der Waals surface area contributed by atoms with Gasteiger partial charge < -0.3 is 5.32 Å². The fourth-order valence-electron chi connectivity index (χ4n) is 3.07. The van der Waals surface area contributed by atoms with Crippen molar-refractivity contribution in [2.75, 3.05) is 10.6 Å². The summed E-state index contributed by atoms with van der Waals surface area (Å²) in [5.74, 6) is -0.120. The van der Waals surface area contributed by atoms with E-state index in [2.05, 4.69) is 25.9 Å². The molecule has 0 unspecified atom stereocenters. The van der Waals surface area contributed by atoms with E-state index in [1.165, 1.54) is 11.3 Å². The van der Waals surface area contributed by atoms with E-state index in [-0.39, 0.29) is 18.2 Å². The molecule has 0 fully saturated rings. The normalized spacial score (nSPS) is 16.4. The van der Waals surface area contributed by atoms with Gasteiger partial charge in [0.2, 0.25) is 0 Å². The van der Waals surface area contributed by atoms with Crippen LogP contribution in [-0.4, -0.2) is 28.8 Å². The zero-order chi connectivity index (χ0) is 19.5. The Hall–Kier alpha value is -3.26. The quantitative estimate of drug-likeness (QED) is 0.535. The number of hydrogen-bond donors (Lipinski definition) is 4. The molecule has 2 heterocycles. The van der Waals surface area contributed by atoms with Crippen LogP contribution in [0.2, 0.25) is 0 Å². The summed E-state index contributed by atoms with van der Waals surface area (Å²) < 4.78 is 1.04. The molecule has 7 nitrogen and oxygen atoms in total. The highest BCUT2D eigenvalue weighted by Gasteiger charge is 2.31. The van der Waals surface area contributed by atoms with E-state index in [0.29, 0.717) is 11.1 Å². The van der Waals surface area contributed by atoms with E-state index in [1.807, 2.05) is 55.5 Å². The molecule has 142 valence electrons. The predicted octanol–water partition coefficient (Wildman–Crippen LogP) is 1.23. The van der Waals surface area contributed by atoms with Crippen molar-refractivity contribution < 1.29 is 14.6 Å². The van der Waals surface area contributed by atoms with Crippen LogP contribution in [-0.2, 0) is 16.0 Å². The third kappa shape index (κ3) is 3.86. The minimum atomic E-state index is -0.671. The van der Waals surface area contributed by atoms with Gasteiger partial charge in [0.1, 0.15) is 0 Å². The molecule has 1 aromatic heterocycles. The fraction of sp³-hybridized carbons (Fsp3) is 0.200. The van der Waals surface area contributed by atoms with Crippen LogP contribution in [0.5, 0.6) is 0 Å². The first-order valence-electron chi connectivity index (χ1n) is 9.07. The van der Waals surface area contributed by atoms with Crippen LogP contribution in [0.1, 0.15) is 18.9 Å². The Morgan fingerprint density at radius 2 is 2.04 bits per heavy atom. The number of anilines is 2. The topological polar surface area (TPSA) is 97.1 Å². The van der Waals surface area contributed by atoms with Gasteiger partial charge in [-0.05, 0) is 30.2 Å². The molecule has 0 spiro atoms. The van der Waals surface area contributed by atoms with Crippen LogP contribution in [0.3, 0.4) is 0 Å². The maximum absolute atomic E-state index is 12.7. The average molecular weight is 394 g/mol. The van der Waals surface area contributed by atoms with E-state index in [4.69, 9.17) is 0 Å². The van der Waals surface area contributed by atoms with Gasteiger partial charge in [-0.15, -0.1) is 0 Å². The average Bonchev–Trinajstić information content (AvgIpc) is 3.10. The van der Waals surface area contributed by atoms with Gasteiger partial charge in [0.25, 0.3) is 16.9 Å². The third-order valence-electron chi connectivity index (χ3n) is 4.47. The smallest absolute Gasteiger partial charge is 0.323 e. The second kappa shape index (κ2) is 7.77. The van der Waals surface area contributed by atoms with Gasteiger partial charge in [-0.3, -0.25) is 14.6 Å². The van der Waals surface area contributed by atoms with Gasteiger partial charge in [0, 0.05) is 5.69 Å². The molecule has 0 saturated heterocycles. The molecule has 4 N–H and O–H groups in total. The summed E-state index contributed by atoms with van der Waals surface area (Å²) >= 11 is 1.47. The summed E-state index contributed by atoms with van der Waals surface area (Å²) in [5.41, 5.74) is 2.69. The van der Waals surface area contributed by atoms with E-state index < -0.39 is 6.04 Å². The molecule has 0 saturated carbocycles. The highest BCUT2D eigenvalue weighted by Crippen LogP contribution is 2.25. The van der Waals surface area contributed by atoms with Crippen LogP contribution in [0.4, 0.5) is 10.8 Å². The minimum Gasteiger partial charge on any atom is -0.323 e. The van der Waals surface area contributed by atoms with Gasteiger partial charge in [-0.25, -0.2) is 15.6 Å². The van der Waals surface area contributed by atoms with Crippen molar-refractivity contribution in [3.8, 4) is 0 Å². The van der Waals surface area contributed by atoms with E-state index in [0.717, 1.165) is 27.9 Å². The lowest BCUT2D eigenvalue weighted by molar-refractivity contribution is -0.490. The summed E-state index contributed by atoms with van der Waals surface area (Å²) in [6.07, 6.45) is 0.872. The minimum absolute atomic E-state index is 0.0607. The summed E-state index contributed by atoms with van der Waals surface area (Å²) in [6.45, 7) is 2.03. The SMILES string of the molecule is CCc1ccccc1NC(=O)[C@H]1CC(=O)NC(Nc2nc3ccccc3s2)=[NH+]1. The molecule has 2 aromatic carbocycles. The lowest BCUT2D eigenvalue weighted by Gasteiger charge is -2.17. The second-order valence-corrected chi connectivity index (χ2v) is 7.47. The van der Waals surface area contributed by atoms with Crippen molar-refractivity contribution in [3.05, 3.63) is 54.1 Å². The summed E-state index contributed by atoms with van der Waals surface area (Å²) in [5, 5.41) is 9.36. The van der Waals surface area contributed by atoms with Crippen molar-refractivity contribution in [2.45, 2.75) is 25.8 Å². The van der Waals surface area contributed by atoms with Gasteiger partial charge in [-0.1, -0.05) is 48.6 Å². The Labute approximate surface area is 165 Å². The lowest BCUT2D eigenvalue weighted by Crippen LogP contribution is -2.89. The maximum atomic E-state index is 12.7. The maximum Gasteiger partial charge on any atom is 0.358 e. The molecule has 8 heteroatoms. The number of hydrogen-bond acceptors (Lipinski definition) is 5. The number of carbonyl (C=O) groups is 2. The molecule has 0 bridgehead atoms. The largest absolute Gasteiger partial charge is 0.358 e. The molecule has 4 rings (SSSR count). The number of aryl methyl sites for hydroxylation is 1. The van der Waals surface area contributed by atoms with Crippen LogP contribution in [0, 0.1) is 0 Å². The van der Waals surface area contributed by atoms with E-state index in [9.17, 15) is 9.59 Å². The number of carbonyl (C=O) groups excluding carboxylic acids is 2. The molecule has 1 aliphatic rings. The van der Waals surface area contributed by atoms with Gasteiger partial charge >= 0.3 is 5.96 Å².